The summed E-state index contributed by atoms with van der Waals surface area (Å²) in [5.74, 6) is 0.532. The van der Waals surface area contributed by atoms with Crippen LogP contribution < -0.4 is 5.32 Å². The molecule has 1 aliphatic carbocycles. The van der Waals surface area contributed by atoms with Crippen molar-refractivity contribution in [1.82, 2.24) is 19.9 Å². The van der Waals surface area contributed by atoms with E-state index in [9.17, 15) is 4.79 Å². The second kappa shape index (κ2) is 5.77. The molecule has 130 valence electrons. The van der Waals surface area contributed by atoms with Gasteiger partial charge in [0.1, 0.15) is 5.82 Å². The van der Waals surface area contributed by atoms with Crippen molar-refractivity contribution in [1.29, 1.82) is 0 Å². The van der Waals surface area contributed by atoms with E-state index in [2.05, 4.69) is 15.5 Å². The van der Waals surface area contributed by atoms with Crippen molar-refractivity contribution in [3.8, 4) is 5.13 Å². The standard InChI is InChI=1S/C18H15N5O2S/c1-10-9-14(25-22-10)17(24)20-16-11-5-4-7-12(11)21-23(16)18-19-13-6-2-3-8-15(13)26-18/h2-3,6,8-9H,4-5,7H2,1H3,(H,20,24). The molecule has 7 nitrogen and oxygen atoms in total. The Morgan fingerprint density at radius 1 is 1.31 bits per heavy atom. The molecule has 26 heavy (non-hydrogen) atoms. The van der Waals surface area contributed by atoms with Crippen LogP contribution in [0.25, 0.3) is 15.3 Å². The van der Waals surface area contributed by atoms with Crippen LogP contribution in [0.1, 0.15) is 33.9 Å². The fourth-order valence-corrected chi connectivity index (χ4v) is 4.17. The first kappa shape index (κ1) is 15.3. The molecule has 0 radical (unpaired) electrons. The number of nitrogens with one attached hydrogen (secondary N) is 1. The minimum atomic E-state index is -0.331. The van der Waals surface area contributed by atoms with Crippen LogP contribution in [0.5, 0.6) is 0 Å². The van der Waals surface area contributed by atoms with Gasteiger partial charge in [0.15, 0.2) is 0 Å². The average molecular weight is 365 g/mol. The molecule has 5 rings (SSSR count). The first-order valence-corrected chi connectivity index (χ1v) is 9.22. The summed E-state index contributed by atoms with van der Waals surface area (Å²) < 4.78 is 7.91. The third kappa shape index (κ3) is 2.41. The third-order valence-electron chi connectivity index (χ3n) is 4.45. The zero-order chi connectivity index (χ0) is 17.7. The smallest absolute Gasteiger partial charge is 0.295 e. The van der Waals surface area contributed by atoms with Crippen molar-refractivity contribution >= 4 is 33.3 Å². The summed E-state index contributed by atoms with van der Waals surface area (Å²) in [6.07, 6.45) is 2.85. The van der Waals surface area contributed by atoms with Gasteiger partial charge in [0.25, 0.3) is 5.91 Å². The number of para-hydroxylation sites is 1. The number of hydrogen-bond donors (Lipinski definition) is 1. The Bertz CT molecular complexity index is 1110. The summed E-state index contributed by atoms with van der Waals surface area (Å²) in [4.78, 5) is 17.3. The molecule has 0 aliphatic heterocycles. The average Bonchev–Trinajstić information content (AvgIpc) is 3.38. The zero-order valence-corrected chi connectivity index (χ0v) is 14.8. The van der Waals surface area contributed by atoms with Crippen LogP contribution in [-0.4, -0.2) is 25.8 Å². The van der Waals surface area contributed by atoms with Crippen LogP contribution >= 0.6 is 11.3 Å². The fourth-order valence-electron chi connectivity index (χ4n) is 3.25. The Morgan fingerprint density at radius 2 is 2.19 bits per heavy atom. The molecule has 1 N–H and O–H groups in total. The number of carbonyl (C=O) groups excluding carboxylic acids is 1. The minimum absolute atomic E-state index is 0.186. The van der Waals surface area contributed by atoms with Gasteiger partial charge in [-0.15, -0.1) is 0 Å². The molecule has 0 unspecified atom stereocenters. The molecule has 0 saturated carbocycles. The van der Waals surface area contributed by atoms with Crippen LogP contribution in [0.4, 0.5) is 5.82 Å². The van der Waals surface area contributed by atoms with Crippen molar-refractivity contribution in [2.24, 2.45) is 0 Å². The van der Waals surface area contributed by atoms with Gasteiger partial charge in [-0.25, -0.2) is 4.98 Å². The Kier molecular flexibility index (Phi) is 3.39. The summed E-state index contributed by atoms with van der Waals surface area (Å²) in [7, 11) is 0. The van der Waals surface area contributed by atoms with Crippen molar-refractivity contribution in [3.63, 3.8) is 0 Å². The molecule has 3 aromatic heterocycles. The third-order valence-corrected chi connectivity index (χ3v) is 5.47. The quantitative estimate of drug-likeness (QED) is 0.600. The Hall–Kier alpha value is -3.00. The predicted molar refractivity (Wildman–Crippen MR) is 98.0 cm³/mol. The summed E-state index contributed by atoms with van der Waals surface area (Å²) >= 11 is 1.55. The monoisotopic (exact) mass is 365 g/mol. The molecule has 1 aliphatic rings. The van der Waals surface area contributed by atoms with E-state index in [1.807, 2.05) is 24.3 Å². The molecule has 0 bridgehead atoms. The van der Waals surface area contributed by atoms with Crippen molar-refractivity contribution in [2.75, 3.05) is 5.32 Å². The van der Waals surface area contributed by atoms with E-state index in [4.69, 9.17) is 9.62 Å². The first-order chi connectivity index (χ1) is 12.7. The number of amides is 1. The van der Waals surface area contributed by atoms with Crippen LogP contribution in [0.3, 0.4) is 0 Å². The topological polar surface area (TPSA) is 85.8 Å². The van der Waals surface area contributed by atoms with Crippen molar-refractivity contribution in [2.45, 2.75) is 26.2 Å². The predicted octanol–water partition coefficient (Wildman–Crippen LogP) is 3.52. The molecule has 8 heteroatoms. The first-order valence-electron chi connectivity index (χ1n) is 8.40. The highest BCUT2D eigenvalue weighted by molar-refractivity contribution is 7.20. The number of aryl methyl sites for hydroxylation is 2. The lowest BCUT2D eigenvalue weighted by Gasteiger charge is -2.07. The molecule has 0 atom stereocenters. The van der Waals surface area contributed by atoms with Gasteiger partial charge < -0.3 is 9.84 Å². The van der Waals surface area contributed by atoms with Gasteiger partial charge in [0.05, 0.1) is 21.6 Å². The molecule has 1 amide bonds. The van der Waals surface area contributed by atoms with Gasteiger partial charge in [-0.05, 0) is 38.3 Å². The second-order valence-corrected chi connectivity index (χ2v) is 7.30. The van der Waals surface area contributed by atoms with E-state index in [0.717, 1.165) is 45.9 Å². The SMILES string of the molecule is Cc1cc(C(=O)Nc2c3c(nn2-c2nc4ccccc4s2)CCC3)on1. The van der Waals surface area contributed by atoms with E-state index >= 15 is 0 Å². The molecule has 1 aromatic carbocycles. The van der Waals surface area contributed by atoms with Crippen molar-refractivity contribution in [3.05, 3.63) is 53.0 Å². The number of thiazole rings is 1. The lowest BCUT2D eigenvalue weighted by atomic mass is 10.2. The molecule has 0 fully saturated rings. The number of carbonyl (C=O) groups is 1. The maximum Gasteiger partial charge on any atom is 0.295 e. The molecular weight excluding hydrogens is 350 g/mol. The van der Waals surface area contributed by atoms with Gasteiger partial charge in [0.2, 0.25) is 10.9 Å². The largest absolute Gasteiger partial charge is 0.351 e. The highest BCUT2D eigenvalue weighted by Crippen LogP contribution is 2.33. The maximum atomic E-state index is 12.6. The highest BCUT2D eigenvalue weighted by atomic mass is 32.1. The van der Waals surface area contributed by atoms with Gasteiger partial charge in [0, 0.05) is 11.6 Å². The van der Waals surface area contributed by atoms with Crippen LogP contribution in [0, 0.1) is 6.92 Å². The van der Waals surface area contributed by atoms with E-state index in [-0.39, 0.29) is 11.7 Å². The fraction of sp³-hybridized carbons (Fsp3) is 0.222. The van der Waals surface area contributed by atoms with E-state index in [1.54, 1.807) is 29.0 Å². The summed E-state index contributed by atoms with van der Waals surface area (Å²) in [5, 5.41) is 12.2. The summed E-state index contributed by atoms with van der Waals surface area (Å²) in [5.41, 5.74) is 3.69. The Balaban J connectivity index is 1.59. The number of hydrogen-bond acceptors (Lipinski definition) is 6. The number of aromatic nitrogens is 4. The van der Waals surface area contributed by atoms with Gasteiger partial charge in [-0.1, -0.05) is 28.6 Å². The maximum absolute atomic E-state index is 12.6. The molecule has 0 spiro atoms. The number of rotatable bonds is 3. The van der Waals surface area contributed by atoms with Crippen LogP contribution in [0.15, 0.2) is 34.9 Å². The summed E-state index contributed by atoms with van der Waals surface area (Å²) in [6.45, 7) is 1.78. The number of benzene rings is 1. The van der Waals surface area contributed by atoms with Gasteiger partial charge in [-0.3, -0.25) is 4.79 Å². The Labute approximate surface area is 152 Å². The van der Waals surface area contributed by atoms with Crippen LogP contribution in [0.2, 0.25) is 0 Å². The Morgan fingerprint density at radius 3 is 3.00 bits per heavy atom. The molecule has 3 heterocycles. The molecule has 4 aromatic rings. The zero-order valence-electron chi connectivity index (χ0n) is 14.0. The lowest BCUT2D eigenvalue weighted by Crippen LogP contribution is -2.15. The van der Waals surface area contributed by atoms with Gasteiger partial charge in [-0.2, -0.15) is 9.78 Å². The number of fused-ring (bicyclic) bond motifs is 2. The summed E-state index contributed by atoms with van der Waals surface area (Å²) in [6, 6.07) is 9.57. The molecular formula is C18H15N5O2S. The van der Waals surface area contributed by atoms with Crippen molar-refractivity contribution < 1.29 is 9.32 Å². The number of anilines is 1. The molecule has 0 saturated heterocycles. The lowest BCUT2D eigenvalue weighted by molar-refractivity contribution is 0.0987. The normalized spacial score (nSPS) is 13.3. The second-order valence-electron chi connectivity index (χ2n) is 6.29. The van der Waals surface area contributed by atoms with Crippen LogP contribution in [-0.2, 0) is 12.8 Å². The van der Waals surface area contributed by atoms with E-state index < -0.39 is 0 Å². The highest BCUT2D eigenvalue weighted by Gasteiger charge is 2.26. The van der Waals surface area contributed by atoms with Gasteiger partial charge >= 0.3 is 0 Å². The minimum Gasteiger partial charge on any atom is -0.351 e. The number of nitrogens with zero attached hydrogens (tertiary/aromatic N) is 4. The van der Waals surface area contributed by atoms with E-state index in [1.165, 1.54) is 0 Å². The van der Waals surface area contributed by atoms with E-state index in [0.29, 0.717) is 11.5 Å².